The first-order valence-corrected chi connectivity index (χ1v) is 12.8. The minimum Gasteiger partial charge on any atom is -0.505 e. The van der Waals surface area contributed by atoms with Crippen molar-refractivity contribution < 1.29 is 19.5 Å². The molecule has 0 saturated heterocycles. The van der Waals surface area contributed by atoms with Gasteiger partial charge in [0.1, 0.15) is 23.1 Å². The van der Waals surface area contributed by atoms with E-state index in [0.717, 1.165) is 5.56 Å². The maximum absolute atomic E-state index is 9.90. The third-order valence-corrected chi connectivity index (χ3v) is 4.70. The predicted molar refractivity (Wildman–Crippen MR) is 153 cm³/mol. The molecule has 0 unspecified atom stereocenters. The number of H-pyrrole nitrogens is 2. The lowest BCUT2D eigenvalue weighted by Gasteiger charge is -2.08. The van der Waals surface area contributed by atoms with E-state index in [1.165, 1.54) is 6.20 Å². The van der Waals surface area contributed by atoms with Crippen molar-refractivity contribution in [3.05, 3.63) is 59.7 Å². The van der Waals surface area contributed by atoms with Gasteiger partial charge in [-0.1, -0.05) is 7.43 Å². The van der Waals surface area contributed by atoms with Gasteiger partial charge in [-0.05, 0) is 19.4 Å². The molecule has 5 N–H and O–H groups in total. The number of nitrogens with zero attached hydrogens (tertiary/aromatic N) is 4. The summed E-state index contributed by atoms with van der Waals surface area (Å²) in [5.74, 6) is 1.60. The van der Waals surface area contributed by atoms with Gasteiger partial charge in [-0.3, -0.25) is 9.97 Å². The third-order valence-electron chi connectivity index (χ3n) is 4.41. The van der Waals surface area contributed by atoms with Gasteiger partial charge in [-0.15, -0.1) is 36.4 Å². The lowest BCUT2D eigenvalue weighted by molar-refractivity contribution is 0.281. The first kappa shape index (κ1) is 37.0. The Morgan fingerprint density at radius 2 is 1.22 bits per heavy atom. The molecule has 4 aromatic rings. The Bertz CT molecular complexity index is 1140. The smallest absolute Gasteiger partial charge is 0.211 e. The van der Waals surface area contributed by atoms with E-state index >= 15 is 0 Å². The molecular weight excluding hydrogens is 610 g/mol. The summed E-state index contributed by atoms with van der Waals surface area (Å²) in [6.07, 6.45) is 9.76. The Labute approximate surface area is 243 Å². The average Bonchev–Trinajstić information content (AvgIpc) is 3.52. The number of aromatic nitrogens is 6. The van der Waals surface area contributed by atoms with E-state index in [9.17, 15) is 10.2 Å². The summed E-state index contributed by atoms with van der Waals surface area (Å²) < 4.78 is 9.09. The molecule has 0 spiro atoms. The van der Waals surface area contributed by atoms with Crippen LogP contribution < -0.4 is 0 Å². The Morgan fingerprint density at radius 1 is 0.838 bits per heavy atom. The van der Waals surface area contributed by atoms with Crippen molar-refractivity contribution in [2.75, 3.05) is 0 Å². The number of aliphatic hydroxyl groups is 1. The molecular formula is C21H27Cl5N6O4S. The summed E-state index contributed by atoms with van der Waals surface area (Å²) in [5, 5.41) is 28.9. The van der Waals surface area contributed by atoms with Crippen LogP contribution in [0.2, 0.25) is 0 Å². The Balaban J connectivity index is 0. The van der Waals surface area contributed by atoms with Gasteiger partial charge < -0.3 is 25.3 Å². The molecule has 0 aliphatic rings. The van der Waals surface area contributed by atoms with Crippen LogP contribution in [0.25, 0.3) is 22.8 Å². The molecule has 4 rings (SSSR count). The van der Waals surface area contributed by atoms with Gasteiger partial charge in [0, 0.05) is 70.0 Å². The van der Waals surface area contributed by atoms with Crippen molar-refractivity contribution in [3.63, 3.8) is 0 Å². The lowest BCUT2D eigenvalue weighted by Crippen LogP contribution is -1.96. The number of halogens is 5. The maximum Gasteiger partial charge on any atom is 0.211 e. The van der Waals surface area contributed by atoms with Crippen molar-refractivity contribution in [3.8, 4) is 34.3 Å². The topological polar surface area (TPSA) is 161 Å². The number of imidazole rings is 2. The molecule has 0 saturated carbocycles. The van der Waals surface area contributed by atoms with Crippen molar-refractivity contribution in [2.24, 2.45) is 0 Å². The van der Waals surface area contributed by atoms with Gasteiger partial charge in [0.05, 0.1) is 29.1 Å². The molecule has 206 valence electrons. The fraction of sp³-hybridized carbons (Fsp3) is 0.238. The minimum absolute atomic E-state index is 0. The molecule has 10 nitrogen and oxygen atoms in total. The van der Waals surface area contributed by atoms with Gasteiger partial charge in [0.25, 0.3) is 0 Å². The summed E-state index contributed by atoms with van der Waals surface area (Å²) >= 11 is 5.78. The quantitative estimate of drug-likeness (QED) is 0.140. The first-order chi connectivity index (χ1) is 16.2. The van der Waals surface area contributed by atoms with Gasteiger partial charge >= 0.3 is 0 Å². The zero-order valence-electron chi connectivity index (χ0n) is 18.8. The lowest BCUT2D eigenvalue weighted by atomic mass is 10.1. The van der Waals surface area contributed by atoms with E-state index in [1.54, 1.807) is 44.8 Å². The number of aliphatic hydroxyl groups excluding tert-OH is 1. The van der Waals surface area contributed by atoms with Crippen LogP contribution in [-0.4, -0.2) is 49.4 Å². The molecule has 0 aliphatic carbocycles. The molecule has 4 heterocycles. The van der Waals surface area contributed by atoms with E-state index in [2.05, 4.69) is 51.3 Å². The van der Waals surface area contributed by atoms with E-state index in [0.29, 0.717) is 39.7 Å². The molecule has 0 radical (unpaired) electrons. The summed E-state index contributed by atoms with van der Waals surface area (Å²) in [4.78, 5) is 22.0. The van der Waals surface area contributed by atoms with Crippen LogP contribution in [0.4, 0.5) is 0 Å². The molecule has 0 bridgehead atoms. The Morgan fingerprint density at radius 3 is 1.54 bits per heavy atom. The summed E-state index contributed by atoms with van der Waals surface area (Å²) in [5.41, 5.74) is 3.52. The maximum atomic E-state index is 9.90. The highest BCUT2D eigenvalue weighted by atomic mass is 36.0. The van der Waals surface area contributed by atoms with Crippen molar-refractivity contribution in [1.29, 1.82) is 0 Å². The molecule has 0 aliphatic heterocycles. The summed E-state index contributed by atoms with van der Waals surface area (Å²) in [6, 6.07) is 0. The molecule has 0 amide bonds. The van der Waals surface area contributed by atoms with Crippen LogP contribution in [0.15, 0.2) is 37.2 Å². The number of aromatic amines is 2. The van der Waals surface area contributed by atoms with E-state index in [1.807, 2.05) is 0 Å². The first-order valence-electron chi connectivity index (χ1n) is 9.46. The largest absolute Gasteiger partial charge is 0.505 e. The highest BCUT2D eigenvalue weighted by Gasteiger charge is 2.15. The standard InChI is InChI=1S/C10H10ClN3O.C10H11N3O2.CH4.Cl2OS.2ClH/c1-6-9(15)8(7(4-11)5-14-6)10-12-2-3-13-10;1-6-9(15)8(7(5-14)4-13-6)10-11-2-3-12-10;;1-4(2)3;;/h2-3,5,15H,4H2,1H3,(H,12,13);2-4,14-15H,5H2,1H3,(H,11,12);1H4;;2*1H. The zero-order chi connectivity index (χ0) is 25.3. The van der Waals surface area contributed by atoms with E-state index < -0.39 is 9.23 Å². The predicted octanol–water partition coefficient (Wildman–Crippen LogP) is 5.72. The Hall–Kier alpha value is -2.12. The van der Waals surface area contributed by atoms with E-state index in [-0.39, 0.29) is 56.2 Å². The molecule has 0 fully saturated rings. The van der Waals surface area contributed by atoms with Gasteiger partial charge in [-0.25, -0.2) is 14.2 Å². The monoisotopic (exact) mass is 634 g/mol. The molecule has 0 atom stereocenters. The number of alkyl halides is 1. The number of aryl methyl sites for hydroxylation is 2. The number of hydrogen-bond acceptors (Lipinski definition) is 8. The second-order valence-electron chi connectivity index (χ2n) is 6.54. The number of hydrogen-bond donors (Lipinski definition) is 5. The van der Waals surface area contributed by atoms with Crippen molar-refractivity contribution >= 4 is 67.0 Å². The highest BCUT2D eigenvalue weighted by Crippen LogP contribution is 2.33. The van der Waals surface area contributed by atoms with Gasteiger partial charge in [0.15, 0.2) is 0 Å². The molecule has 37 heavy (non-hydrogen) atoms. The van der Waals surface area contributed by atoms with Crippen LogP contribution in [-0.2, 0) is 21.7 Å². The van der Waals surface area contributed by atoms with Gasteiger partial charge in [-0.2, -0.15) is 0 Å². The average molecular weight is 637 g/mol. The van der Waals surface area contributed by atoms with Crippen LogP contribution >= 0.6 is 57.8 Å². The SMILES string of the molecule is C.Cc1ncc(CCl)c(-c2ncc[nH]2)c1O.Cc1ncc(CO)c(-c2ncc[nH]2)c1O.Cl.Cl.O=S(Cl)Cl. The van der Waals surface area contributed by atoms with Crippen LogP contribution in [0.5, 0.6) is 11.5 Å². The number of aromatic hydroxyl groups is 2. The minimum atomic E-state index is -1.67. The summed E-state index contributed by atoms with van der Waals surface area (Å²) in [6.45, 7) is 3.25. The Kier molecular flexibility index (Phi) is 18.2. The second-order valence-corrected chi connectivity index (χ2v) is 9.33. The number of rotatable bonds is 4. The van der Waals surface area contributed by atoms with Crippen molar-refractivity contribution in [1.82, 2.24) is 29.9 Å². The third kappa shape index (κ3) is 10.3. The second kappa shape index (κ2) is 18.2. The molecule has 4 aromatic heterocycles. The highest BCUT2D eigenvalue weighted by molar-refractivity contribution is 8.26. The van der Waals surface area contributed by atoms with Crippen LogP contribution in [0.3, 0.4) is 0 Å². The van der Waals surface area contributed by atoms with Gasteiger partial charge in [0.2, 0.25) is 9.23 Å². The van der Waals surface area contributed by atoms with Crippen LogP contribution in [0, 0.1) is 13.8 Å². The fourth-order valence-electron chi connectivity index (χ4n) is 2.82. The fourth-order valence-corrected chi connectivity index (χ4v) is 3.02. The summed E-state index contributed by atoms with van der Waals surface area (Å²) in [7, 11) is 7.36. The van der Waals surface area contributed by atoms with Crippen LogP contribution in [0.1, 0.15) is 29.9 Å². The number of pyridine rings is 2. The molecule has 16 heteroatoms. The van der Waals surface area contributed by atoms with E-state index in [4.69, 9.17) is 20.9 Å². The zero-order valence-corrected chi connectivity index (χ0v) is 23.5. The van der Waals surface area contributed by atoms with Crippen molar-refractivity contribution in [2.45, 2.75) is 33.8 Å². The number of nitrogens with one attached hydrogen (secondary N) is 2. The normalized spacial score (nSPS) is 9.49. The molecule has 0 aromatic carbocycles.